The molecule has 0 aliphatic carbocycles. The summed E-state index contributed by atoms with van der Waals surface area (Å²) in [7, 11) is -3.31. The summed E-state index contributed by atoms with van der Waals surface area (Å²) in [5.41, 5.74) is 1.96. The number of nitrogens with one attached hydrogen (secondary N) is 1. The van der Waals surface area contributed by atoms with Crippen molar-refractivity contribution in [3.63, 3.8) is 0 Å². The Hall–Kier alpha value is -1.73. The van der Waals surface area contributed by atoms with Crippen molar-refractivity contribution in [1.82, 2.24) is 14.9 Å². The number of aryl methyl sites for hydroxylation is 1. The van der Waals surface area contributed by atoms with Gasteiger partial charge in [-0.2, -0.15) is 4.98 Å². The quantitative estimate of drug-likeness (QED) is 0.921. The molecule has 2 aromatic rings. The summed E-state index contributed by atoms with van der Waals surface area (Å²) in [6, 6.07) is 7.12. The molecular formula is C12H15N3O3S. The fourth-order valence-electron chi connectivity index (χ4n) is 1.60. The summed E-state index contributed by atoms with van der Waals surface area (Å²) in [5, 5.41) is 3.85. The summed E-state index contributed by atoms with van der Waals surface area (Å²) in [5.74, 6) is 0.679. The van der Waals surface area contributed by atoms with Gasteiger partial charge in [-0.15, -0.1) is 0 Å². The lowest BCUT2D eigenvalue weighted by atomic mass is 10.1. The van der Waals surface area contributed by atoms with Gasteiger partial charge in [-0.25, -0.2) is 13.1 Å². The monoisotopic (exact) mass is 281 g/mol. The molecule has 1 heterocycles. The Labute approximate surface area is 111 Å². The van der Waals surface area contributed by atoms with E-state index < -0.39 is 16.1 Å². The Kier molecular flexibility index (Phi) is 3.68. The van der Waals surface area contributed by atoms with Crippen LogP contribution in [-0.2, 0) is 10.0 Å². The first kappa shape index (κ1) is 13.7. The van der Waals surface area contributed by atoms with Gasteiger partial charge >= 0.3 is 0 Å². The largest absolute Gasteiger partial charge is 0.337 e. The summed E-state index contributed by atoms with van der Waals surface area (Å²) in [6.07, 6.45) is 1.08. The molecule has 6 nitrogen and oxygen atoms in total. The van der Waals surface area contributed by atoms with E-state index in [0.717, 1.165) is 17.4 Å². The van der Waals surface area contributed by atoms with Crippen LogP contribution in [0, 0.1) is 6.92 Å². The van der Waals surface area contributed by atoms with Crippen LogP contribution in [-0.4, -0.2) is 24.8 Å². The first-order valence-electron chi connectivity index (χ1n) is 5.73. The fraction of sp³-hybridized carbons (Fsp3) is 0.333. The van der Waals surface area contributed by atoms with Crippen molar-refractivity contribution in [2.75, 3.05) is 6.26 Å². The van der Waals surface area contributed by atoms with Crippen LogP contribution in [0.5, 0.6) is 0 Å². The number of aromatic nitrogens is 2. The Morgan fingerprint density at radius 1 is 1.26 bits per heavy atom. The van der Waals surface area contributed by atoms with Crippen molar-refractivity contribution in [3.8, 4) is 11.4 Å². The summed E-state index contributed by atoms with van der Waals surface area (Å²) < 4.78 is 29.7. The smallest absolute Gasteiger partial charge is 0.244 e. The van der Waals surface area contributed by atoms with Crippen molar-refractivity contribution in [3.05, 3.63) is 35.7 Å². The molecule has 2 rings (SSSR count). The number of hydrogen-bond donors (Lipinski definition) is 1. The lowest BCUT2D eigenvalue weighted by molar-refractivity contribution is 0.354. The zero-order chi connectivity index (χ0) is 14.0. The molecule has 0 amide bonds. The van der Waals surface area contributed by atoms with Gasteiger partial charge in [0.25, 0.3) is 0 Å². The maximum Gasteiger partial charge on any atom is 0.244 e. The third-order valence-electron chi connectivity index (χ3n) is 2.51. The average Bonchev–Trinajstić information content (AvgIpc) is 2.77. The summed E-state index contributed by atoms with van der Waals surface area (Å²) in [4.78, 5) is 4.19. The van der Waals surface area contributed by atoms with Crippen LogP contribution in [0.4, 0.5) is 0 Å². The van der Waals surface area contributed by atoms with Crippen molar-refractivity contribution in [2.24, 2.45) is 0 Å². The lowest BCUT2D eigenvalue weighted by Crippen LogP contribution is -2.25. The molecule has 1 aromatic carbocycles. The van der Waals surface area contributed by atoms with Gasteiger partial charge in [-0.1, -0.05) is 35.0 Å². The van der Waals surface area contributed by atoms with Crippen LogP contribution in [0.3, 0.4) is 0 Å². The van der Waals surface area contributed by atoms with Crippen LogP contribution in [0.15, 0.2) is 28.8 Å². The van der Waals surface area contributed by atoms with Crippen molar-refractivity contribution >= 4 is 10.0 Å². The Balaban J connectivity index is 2.21. The molecule has 0 bridgehead atoms. The highest BCUT2D eigenvalue weighted by Crippen LogP contribution is 2.19. The van der Waals surface area contributed by atoms with E-state index in [4.69, 9.17) is 4.52 Å². The van der Waals surface area contributed by atoms with E-state index in [1.807, 2.05) is 31.2 Å². The average molecular weight is 281 g/mol. The zero-order valence-corrected chi connectivity index (χ0v) is 11.7. The van der Waals surface area contributed by atoms with E-state index in [1.54, 1.807) is 6.92 Å². The van der Waals surface area contributed by atoms with Crippen LogP contribution in [0.25, 0.3) is 11.4 Å². The normalized spacial score (nSPS) is 13.4. The van der Waals surface area contributed by atoms with Gasteiger partial charge in [0.2, 0.25) is 21.7 Å². The standard InChI is InChI=1S/C12H15N3O3S/c1-8-4-6-10(7-5-8)11-13-12(18-14-11)9(2)15-19(3,16)17/h4-7,9,15H,1-3H3/t9-/m0/s1. The minimum absolute atomic E-state index is 0.237. The third-order valence-corrected chi connectivity index (χ3v) is 3.29. The Bertz CT molecular complexity index is 662. The van der Waals surface area contributed by atoms with Gasteiger partial charge in [-0.3, -0.25) is 0 Å². The Morgan fingerprint density at radius 3 is 2.47 bits per heavy atom. The van der Waals surface area contributed by atoms with Crippen LogP contribution in [0.2, 0.25) is 0 Å². The maximum atomic E-state index is 11.1. The molecule has 0 spiro atoms. The zero-order valence-electron chi connectivity index (χ0n) is 10.9. The molecule has 0 aliphatic heterocycles. The number of benzene rings is 1. The predicted molar refractivity (Wildman–Crippen MR) is 70.9 cm³/mol. The van der Waals surface area contributed by atoms with E-state index in [0.29, 0.717) is 5.82 Å². The highest BCUT2D eigenvalue weighted by atomic mass is 32.2. The second-order valence-electron chi connectivity index (χ2n) is 4.43. The van der Waals surface area contributed by atoms with Crippen molar-refractivity contribution in [1.29, 1.82) is 0 Å². The molecule has 0 aliphatic rings. The van der Waals surface area contributed by atoms with Crippen LogP contribution >= 0.6 is 0 Å². The number of hydrogen-bond acceptors (Lipinski definition) is 5. The second kappa shape index (κ2) is 5.10. The number of sulfonamides is 1. The first-order chi connectivity index (χ1) is 8.85. The van der Waals surface area contributed by atoms with Gasteiger partial charge in [0, 0.05) is 5.56 Å². The topological polar surface area (TPSA) is 85.1 Å². The van der Waals surface area contributed by atoms with Gasteiger partial charge in [0.15, 0.2) is 0 Å². The summed E-state index contributed by atoms with van der Waals surface area (Å²) in [6.45, 7) is 3.64. The van der Waals surface area contributed by atoms with Gasteiger partial charge in [-0.05, 0) is 13.8 Å². The number of rotatable bonds is 4. The fourth-order valence-corrected chi connectivity index (χ4v) is 2.35. The predicted octanol–water partition coefficient (Wildman–Crippen LogP) is 1.66. The number of nitrogens with zero attached hydrogens (tertiary/aromatic N) is 2. The lowest BCUT2D eigenvalue weighted by Gasteiger charge is -2.05. The molecule has 0 saturated heterocycles. The molecule has 0 saturated carbocycles. The molecule has 1 N–H and O–H groups in total. The minimum atomic E-state index is -3.31. The maximum absolute atomic E-state index is 11.1. The van der Waals surface area contributed by atoms with Crippen molar-refractivity contribution in [2.45, 2.75) is 19.9 Å². The van der Waals surface area contributed by atoms with Crippen molar-refractivity contribution < 1.29 is 12.9 Å². The Morgan fingerprint density at radius 2 is 1.89 bits per heavy atom. The van der Waals surface area contributed by atoms with E-state index in [9.17, 15) is 8.42 Å². The molecule has 1 aromatic heterocycles. The highest BCUT2D eigenvalue weighted by Gasteiger charge is 2.18. The molecule has 0 unspecified atom stereocenters. The van der Waals surface area contributed by atoms with E-state index >= 15 is 0 Å². The van der Waals surface area contributed by atoms with E-state index in [1.165, 1.54) is 0 Å². The second-order valence-corrected chi connectivity index (χ2v) is 6.21. The van der Waals surface area contributed by atoms with E-state index in [2.05, 4.69) is 14.9 Å². The molecular weight excluding hydrogens is 266 g/mol. The molecule has 0 radical (unpaired) electrons. The molecule has 19 heavy (non-hydrogen) atoms. The molecule has 1 atom stereocenters. The summed E-state index contributed by atoms with van der Waals surface area (Å²) >= 11 is 0. The minimum Gasteiger partial charge on any atom is -0.337 e. The van der Waals surface area contributed by atoms with Crippen LogP contribution < -0.4 is 4.72 Å². The third kappa shape index (κ3) is 3.62. The highest BCUT2D eigenvalue weighted by molar-refractivity contribution is 7.88. The van der Waals surface area contributed by atoms with E-state index in [-0.39, 0.29) is 5.89 Å². The first-order valence-corrected chi connectivity index (χ1v) is 7.62. The van der Waals surface area contributed by atoms with Gasteiger partial charge in [0.05, 0.1) is 12.3 Å². The molecule has 7 heteroatoms. The van der Waals surface area contributed by atoms with Gasteiger partial charge < -0.3 is 4.52 Å². The molecule has 102 valence electrons. The van der Waals surface area contributed by atoms with Crippen LogP contribution in [0.1, 0.15) is 24.4 Å². The van der Waals surface area contributed by atoms with Gasteiger partial charge in [0.1, 0.15) is 0 Å². The molecule has 0 fully saturated rings. The SMILES string of the molecule is Cc1ccc(-c2noc([C@H](C)NS(C)(=O)=O)n2)cc1.